The Bertz CT molecular complexity index is 4380. The third-order valence-corrected chi connectivity index (χ3v) is 19.7. The third kappa shape index (κ3) is 6.55. The Morgan fingerprint density at radius 3 is 1.68 bits per heavy atom. The van der Waals surface area contributed by atoms with Gasteiger partial charge in [0.05, 0.1) is 33.4 Å². The Morgan fingerprint density at radius 2 is 0.987 bits per heavy atom. The quantitative estimate of drug-likeness (QED) is 0.152. The first-order chi connectivity index (χ1) is 38.9. The Hall–Kier alpha value is -8.87. The van der Waals surface area contributed by atoms with Crippen molar-refractivity contribution >= 4 is 66.4 Å². The van der Waals surface area contributed by atoms with Crippen molar-refractivity contribution in [3.05, 3.63) is 247 Å². The number of benzene rings is 9. The Morgan fingerprint density at radius 1 is 0.418 bits per heavy atom. The molecule has 5 aliphatic carbocycles. The average molecular weight is 1020 g/mol. The number of ether oxygens (including phenoxy) is 1. The Balaban J connectivity index is 0.725. The average Bonchev–Trinajstić information content (AvgIpc) is 4.43. The maximum absolute atomic E-state index is 6.94. The summed E-state index contributed by atoms with van der Waals surface area (Å²) in [6, 6.07) is 81.0. The van der Waals surface area contributed by atoms with Crippen molar-refractivity contribution in [1.29, 1.82) is 0 Å². The van der Waals surface area contributed by atoms with Gasteiger partial charge in [-0.25, -0.2) is 4.98 Å². The molecule has 3 aromatic heterocycles. The van der Waals surface area contributed by atoms with E-state index in [0.29, 0.717) is 18.5 Å². The summed E-state index contributed by atoms with van der Waals surface area (Å²) in [5, 5.41) is 4.97. The second kappa shape index (κ2) is 16.8. The van der Waals surface area contributed by atoms with Gasteiger partial charge in [0.2, 0.25) is 0 Å². The predicted molar refractivity (Wildman–Crippen MR) is 323 cm³/mol. The standard InChI is InChI=1S/C73H59N5O/c1-72(2)63-20-7-3-16-57(63)58-32-30-54(43-64(58)72)76-45-75(68-24-11-12-25-69(68)76)53-14-13-15-55(42-53)79-56-31-33-62-61-19-6-10-23-67(61)78(70(62)44-56)71-41-49(34-35-74-71)73(50-37-46-36-47(39-50)40-51(73)38-46)48-26-28-52(29-27-48)77-65-21-8-4-17-59(65)60-18-5-9-22-66(60)77/h3-35,41-44,46-47,50-51H,36-40,45H2,1-2H3. The van der Waals surface area contributed by atoms with Crippen LogP contribution in [-0.4, -0.2) is 20.8 Å². The fraction of sp³-hybridized carbons (Fsp3) is 0.192. The molecule has 4 fully saturated rings. The summed E-state index contributed by atoms with van der Waals surface area (Å²) in [6.45, 7) is 5.40. The zero-order chi connectivity index (χ0) is 52.1. The molecule has 4 saturated carbocycles. The number of para-hydroxylation sites is 5. The van der Waals surface area contributed by atoms with Crippen LogP contribution in [0.5, 0.6) is 11.5 Å². The van der Waals surface area contributed by atoms with Gasteiger partial charge in [0, 0.05) is 67.8 Å². The number of aromatic nitrogens is 3. The van der Waals surface area contributed by atoms with Gasteiger partial charge >= 0.3 is 0 Å². The maximum atomic E-state index is 6.94. The molecule has 4 heterocycles. The lowest BCUT2D eigenvalue weighted by molar-refractivity contribution is -0.0418. The summed E-state index contributed by atoms with van der Waals surface area (Å²) >= 11 is 0. The number of hydrogen-bond donors (Lipinski definition) is 0. The molecule has 6 heteroatoms. The molecule has 382 valence electrons. The summed E-state index contributed by atoms with van der Waals surface area (Å²) in [7, 11) is 0. The van der Waals surface area contributed by atoms with Crippen molar-refractivity contribution in [3.8, 4) is 34.1 Å². The zero-order valence-corrected chi connectivity index (χ0v) is 44.6. The second-order valence-corrected chi connectivity index (χ2v) is 24.0. The van der Waals surface area contributed by atoms with E-state index in [-0.39, 0.29) is 10.8 Å². The van der Waals surface area contributed by atoms with Crippen LogP contribution in [0.4, 0.5) is 22.7 Å². The van der Waals surface area contributed by atoms with Crippen molar-refractivity contribution in [2.75, 3.05) is 16.5 Å². The summed E-state index contributed by atoms with van der Waals surface area (Å²) in [4.78, 5) is 10.1. The zero-order valence-electron chi connectivity index (χ0n) is 44.6. The van der Waals surface area contributed by atoms with Crippen LogP contribution < -0.4 is 14.5 Å². The van der Waals surface area contributed by atoms with E-state index in [4.69, 9.17) is 9.72 Å². The molecular weight excluding hydrogens is 963 g/mol. The van der Waals surface area contributed by atoms with Crippen LogP contribution in [0, 0.1) is 23.7 Å². The van der Waals surface area contributed by atoms with Gasteiger partial charge < -0.3 is 19.1 Å². The fourth-order valence-corrected chi connectivity index (χ4v) is 16.5. The van der Waals surface area contributed by atoms with Gasteiger partial charge in [0.15, 0.2) is 0 Å². The molecule has 0 atom stereocenters. The first-order valence-corrected chi connectivity index (χ1v) is 28.6. The number of fused-ring (bicyclic) bond motifs is 10. The molecule has 0 saturated heterocycles. The highest BCUT2D eigenvalue weighted by Crippen LogP contribution is 2.65. The minimum atomic E-state index is -0.111. The van der Waals surface area contributed by atoms with Crippen LogP contribution in [0.15, 0.2) is 225 Å². The smallest absolute Gasteiger partial charge is 0.137 e. The van der Waals surface area contributed by atoms with Crippen LogP contribution in [0.2, 0.25) is 0 Å². The highest BCUT2D eigenvalue weighted by atomic mass is 16.5. The van der Waals surface area contributed by atoms with Crippen molar-refractivity contribution in [3.63, 3.8) is 0 Å². The molecule has 6 nitrogen and oxygen atoms in total. The lowest BCUT2D eigenvalue weighted by Gasteiger charge is -2.62. The maximum Gasteiger partial charge on any atom is 0.137 e. The van der Waals surface area contributed by atoms with Crippen molar-refractivity contribution in [2.24, 2.45) is 23.7 Å². The highest BCUT2D eigenvalue weighted by molar-refractivity contribution is 6.10. The van der Waals surface area contributed by atoms with Crippen LogP contribution in [0.3, 0.4) is 0 Å². The van der Waals surface area contributed by atoms with Crippen molar-refractivity contribution < 1.29 is 4.74 Å². The molecule has 9 aromatic carbocycles. The molecule has 0 N–H and O–H groups in total. The van der Waals surface area contributed by atoms with Crippen molar-refractivity contribution in [1.82, 2.24) is 14.1 Å². The molecule has 79 heavy (non-hydrogen) atoms. The molecule has 6 aliphatic rings. The largest absolute Gasteiger partial charge is 0.457 e. The van der Waals surface area contributed by atoms with Crippen LogP contribution >= 0.6 is 0 Å². The molecule has 18 rings (SSSR count). The number of hydrogen-bond acceptors (Lipinski definition) is 4. The lowest BCUT2D eigenvalue weighted by Crippen LogP contribution is -2.56. The van der Waals surface area contributed by atoms with E-state index < -0.39 is 0 Å². The van der Waals surface area contributed by atoms with Gasteiger partial charge in [-0.1, -0.05) is 129 Å². The molecule has 12 aromatic rings. The topological polar surface area (TPSA) is 38.5 Å². The summed E-state index contributed by atoms with van der Waals surface area (Å²) < 4.78 is 11.8. The number of pyridine rings is 1. The van der Waals surface area contributed by atoms with Gasteiger partial charge in [-0.15, -0.1) is 0 Å². The van der Waals surface area contributed by atoms with Gasteiger partial charge in [0.1, 0.15) is 24.0 Å². The van der Waals surface area contributed by atoms with E-state index in [1.165, 1.54) is 121 Å². The van der Waals surface area contributed by atoms with Crippen molar-refractivity contribution in [2.45, 2.75) is 56.8 Å². The Labute approximate surface area is 460 Å². The van der Waals surface area contributed by atoms with Gasteiger partial charge in [-0.2, -0.15) is 0 Å². The van der Waals surface area contributed by atoms with E-state index in [2.05, 4.69) is 257 Å². The van der Waals surface area contributed by atoms with Gasteiger partial charge in [0.25, 0.3) is 0 Å². The Kier molecular flexibility index (Phi) is 9.62. The number of rotatable bonds is 8. The van der Waals surface area contributed by atoms with Crippen LogP contribution in [0.1, 0.15) is 68.2 Å². The van der Waals surface area contributed by atoms with Gasteiger partial charge in [-0.05, 0) is 180 Å². The van der Waals surface area contributed by atoms with Gasteiger partial charge in [-0.3, -0.25) is 4.57 Å². The molecule has 0 radical (unpaired) electrons. The molecule has 0 spiro atoms. The summed E-state index contributed by atoms with van der Waals surface area (Å²) in [5.41, 5.74) is 18.7. The SMILES string of the molecule is CC1(C)c2ccccc2-c2ccc(N3CN(c4cccc(Oc5ccc6c7ccccc7n(-c7cc(C8(c9ccc(-n%10c%11ccccc%11c%11ccccc%11%10)cc9)C9CC%10CC(C9)CC8C%10)ccn7)c6c5)c4)c4ccccc43)cc21. The van der Waals surface area contributed by atoms with E-state index in [0.717, 1.165) is 45.9 Å². The highest BCUT2D eigenvalue weighted by Gasteiger charge is 2.58. The van der Waals surface area contributed by atoms with Crippen LogP contribution in [-0.2, 0) is 10.8 Å². The minimum Gasteiger partial charge on any atom is -0.457 e. The molecule has 0 unspecified atom stereocenters. The van der Waals surface area contributed by atoms with E-state index >= 15 is 0 Å². The second-order valence-electron chi connectivity index (χ2n) is 24.0. The molecule has 4 bridgehead atoms. The van der Waals surface area contributed by atoms with E-state index in [1.807, 2.05) is 0 Å². The minimum absolute atomic E-state index is 0.0770. The molecule has 0 amide bonds. The molecule has 1 aliphatic heterocycles. The third-order valence-electron chi connectivity index (χ3n) is 19.7. The number of anilines is 4. The predicted octanol–water partition coefficient (Wildman–Crippen LogP) is 18.4. The molecular formula is C73H59N5O. The summed E-state index contributed by atoms with van der Waals surface area (Å²) in [5.74, 6) is 5.34. The lowest BCUT2D eigenvalue weighted by atomic mass is 9.42. The summed E-state index contributed by atoms with van der Waals surface area (Å²) in [6.07, 6.45) is 8.68. The van der Waals surface area contributed by atoms with E-state index in [9.17, 15) is 0 Å². The fourth-order valence-electron chi connectivity index (χ4n) is 16.5. The number of nitrogens with zero attached hydrogens (tertiary/aromatic N) is 5. The normalized spacial score (nSPS) is 21.3. The van der Waals surface area contributed by atoms with Crippen LogP contribution in [0.25, 0.3) is 66.2 Å². The monoisotopic (exact) mass is 1020 g/mol. The first-order valence-electron chi connectivity index (χ1n) is 28.6. The van der Waals surface area contributed by atoms with E-state index in [1.54, 1.807) is 0 Å². The first kappa shape index (κ1) is 45.2.